The Kier molecular flexibility index (Phi) is 4.09. The van der Waals surface area contributed by atoms with Crippen LogP contribution in [0.3, 0.4) is 0 Å². The Bertz CT molecular complexity index is 518. The van der Waals surface area contributed by atoms with Crippen LogP contribution in [0.4, 0.5) is 0 Å². The zero-order valence-corrected chi connectivity index (χ0v) is 11.3. The number of aryl methyl sites for hydroxylation is 2. The highest BCUT2D eigenvalue weighted by atomic mass is 32.1. The molecule has 0 saturated carbocycles. The first-order chi connectivity index (χ1) is 8.70. The minimum Gasteiger partial charge on any atom is -0.344 e. The maximum atomic E-state index is 11.9. The largest absolute Gasteiger partial charge is 0.344 e. The highest BCUT2D eigenvalue weighted by Crippen LogP contribution is 2.22. The molecule has 0 saturated heterocycles. The van der Waals surface area contributed by atoms with E-state index in [9.17, 15) is 4.79 Å². The van der Waals surface area contributed by atoms with Crippen LogP contribution in [0.25, 0.3) is 0 Å². The number of thiophene rings is 1. The van der Waals surface area contributed by atoms with Crippen LogP contribution in [-0.4, -0.2) is 21.1 Å². The molecule has 2 rings (SSSR count). The van der Waals surface area contributed by atoms with Gasteiger partial charge in [-0.1, -0.05) is 13.3 Å². The van der Waals surface area contributed by atoms with Crippen molar-refractivity contribution in [1.82, 2.24) is 20.5 Å². The minimum atomic E-state index is -0.0538. The number of amides is 1. The predicted molar refractivity (Wildman–Crippen MR) is 70.6 cm³/mol. The molecule has 0 aliphatic carbocycles. The first kappa shape index (κ1) is 12.8. The van der Waals surface area contributed by atoms with Gasteiger partial charge in [-0.2, -0.15) is 5.10 Å². The van der Waals surface area contributed by atoms with Gasteiger partial charge in [0.25, 0.3) is 5.91 Å². The Morgan fingerprint density at radius 2 is 2.39 bits per heavy atom. The molecule has 2 N–H and O–H groups in total. The quantitative estimate of drug-likeness (QED) is 0.868. The number of H-pyrrole nitrogens is 1. The van der Waals surface area contributed by atoms with E-state index in [1.807, 2.05) is 6.07 Å². The maximum absolute atomic E-state index is 11.9. The molecule has 18 heavy (non-hydrogen) atoms. The van der Waals surface area contributed by atoms with Gasteiger partial charge in [-0.15, -0.1) is 11.3 Å². The summed E-state index contributed by atoms with van der Waals surface area (Å²) in [5.41, 5.74) is 1.27. The second-order valence-electron chi connectivity index (χ2n) is 4.06. The number of aromatic nitrogens is 3. The third kappa shape index (κ3) is 2.95. The predicted octanol–water partition coefficient (Wildman–Crippen LogP) is 2.06. The van der Waals surface area contributed by atoms with E-state index >= 15 is 0 Å². The lowest BCUT2D eigenvalue weighted by Crippen LogP contribution is -2.22. The molecule has 0 atom stereocenters. The average molecular weight is 264 g/mol. The number of carbonyl (C=O) groups excluding carboxylic acids is 1. The average Bonchev–Trinajstić information content (AvgIpc) is 2.97. The fourth-order valence-electron chi connectivity index (χ4n) is 1.72. The first-order valence-electron chi connectivity index (χ1n) is 5.92. The van der Waals surface area contributed by atoms with E-state index in [4.69, 9.17) is 0 Å². The number of aromatic amines is 1. The van der Waals surface area contributed by atoms with E-state index < -0.39 is 0 Å². The Hall–Kier alpha value is -1.69. The van der Waals surface area contributed by atoms with Gasteiger partial charge in [-0.3, -0.25) is 9.89 Å². The van der Waals surface area contributed by atoms with Gasteiger partial charge in [0.2, 0.25) is 0 Å². The monoisotopic (exact) mass is 264 g/mol. The summed E-state index contributed by atoms with van der Waals surface area (Å²) < 4.78 is 0. The fourth-order valence-corrected chi connectivity index (χ4v) is 2.70. The lowest BCUT2D eigenvalue weighted by molar-refractivity contribution is 0.0954. The van der Waals surface area contributed by atoms with Crippen molar-refractivity contribution in [3.8, 4) is 0 Å². The standard InChI is InChI=1S/C12H16N4OS/c1-3-4-9-5-10(18-8(9)2)12(17)13-6-11-14-7-15-16-11/h5,7H,3-4,6H2,1-2H3,(H,13,17)(H,14,15,16). The summed E-state index contributed by atoms with van der Waals surface area (Å²) in [5, 5.41) is 9.26. The lowest BCUT2D eigenvalue weighted by atomic mass is 10.1. The van der Waals surface area contributed by atoms with E-state index in [1.165, 1.54) is 16.8 Å². The van der Waals surface area contributed by atoms with Crippen LogP contribution in [0.1, 0.15) is 39.3 Å². The van der Waals surface area contributed by atoms with Gasteiger partial charge >= 0.3 is 0 Å². The molecule has 6 heteroatoms. The Balaban J connectivity index is 1.98. The van der Waals surface area contributed by atoms with Crippen molar-refractivity contribution in [2.45, 2.75) is 33.2 Å². The number of carbonyl (C=O) groups is 1. The molecule has 0 aliphatic heterocycles. The smallest absolute Gasteiger partial charge is 0.261 e. The lowest BCUT2D eigenvalue weighted by Gasteiger charge is -1.99. The summed E-state index contributed by atoms with van der Waals surface area (Å²) in [5.74, 6) is 0.604. The van der Waals surface area contributed by atoms with Crippen molar-refractivity contribution in [2.24, 2.45) is 0 Å². The van der Waals surface area contributed by atoms with E-state index in [0.29, 0.717) is 12.4 Å². The van der Waals surface area contributed by atoms with Gasteiger partial charge in [0, 0.05) is 4.88 Å². The highest BCUT2D eigenvalue weighted by molar-refractivity contribution is 7.14. The Labute approximate surface area is 110 Å². The molecule has 0 spiro atoms. The number of nitrogens with one attached hydrogen (secondary N) is 2. The van der Waals surface area contributed by atoms with E-state index in [1.54, 1.807) is 11.3 Å². The summed E-state index contributed by atoms with van der Waals surface area (Å²) >= 11 is 1.54. The van der Waals surface area contributed by atoms with E-state index in [0.717, 1.165) is 17.7 Å². The van der Waals surface area contributed by atoms with Crippen molar-refractivity contribution >= 4 is 17.2 Å². The molecule has 0 aliphatic rings. The molecule has 5 nitrogen and oxygen atoms in total. The van der Waals surface area contributed by atoms with Gasteiger partial charge in [-0.05, 0) is 25.0 Å². The first-order valence-corrected chi connectivity index (χ1v) is 6.74. The van der Waals surface area contributed by atoms with Crippen LogP contribution in [0.2, 0.25) is 0 Å². The molecule has 0 radical (unpaired) electrons. The van der Waals surface area contributed by atoms with E-state index in [2.05, 4.69) is 34.3 Å². The molecule has 2 heterocycles. The Morgan fingerprint density at radius 1 is 1.56 bits per heavy atom. The number of rotatable bonds is 5. The van der Waals surface area contributed by atoms with Crippen molar-refractivity contribution in [3.05, 3.63) is 33.5 Å². The molecular formula is C12H16N4OS. The van der Waals surface area contributed by atoms with Crippen LogP contribution in [0.15, 0.2) is 12.4 Å². The molecule has 0 aromatic carbocycles. The third-order valence-electron chi connectivity index (χ3n) is 2.65. The second-order valence-corrected chi connectivity index (χ2v) is 5.31. The SMILES string of the molecule is CCCc1cc(C(=O)NCc2ncn[nH]2)sc1C. The molecule has 2 aromatic rings. The third-order valence-corrected chi connectivity index (χ3v) is 3.74. The molecule has 0 bridgehead atoms. The summed E-state index contributed by atoms with van der Waals surface area (Å²) in [6, 6.07) is 1.99. The van der Waals surface area contributed by atoms with Gasteiger partial charge in [0.15, 0.2) is 0 Å². The maximum Gasteiger partial charge on any atom is 0.261 e. The zero-order valence-electron chi connectivity index (χ0n) is 10.5. The zero-order chi connectivity index (χ0) is 13.0. The number of hydrogen-bond acceptors (Lipinski definition) is 4. The Morgan fingerprint density at radius 3 is 3.06 bits per heavy atom. The normalized spacial score (nSPS) is 10.6. The summed E-state index contributed by atoms with van der Waals surface area (Å²) in [7, 11) is 0. The van der Waals surface area contributed by atoms with Gasteiger partial charge in [0.1, 0.15) is 12.2 Å². The second kappa shape index (κ2) is 5.77. The molecule has 0 fully saturated rings. The van der Waals surface area contributed by atoms with Crippen LogP contribution in [0, 0.1) is 6.92 Å². The van der Waals surface area contributed by atoms with Crippen LogP contribution in [0.5, 0.6) is 0 Å². The van der Waals surface area contributed by atoms with Crippen molar-refractivity contribution in [2.75, 3.05) is 0 Å². The van der Waals surface area contributed by atoms with E-state index in [-0.39, 0.29) is 5.91 Å². The topological polar surface area (TPSA) is 70.7 Å². The molecule has 0 unspecified atom stereocenters. The molecule has 96 valence electrons. The minimum absolute atomic E-state index is 0.0538. The van der Waals surface area contributed by atoms with Crippen molar-refractivity contribution in [1.29, 1.82) is 0 Å². The highest BCUT2D eigenvalue weighted by Gasteiger charge is 2.12. The molecule has 2 aromatic heterocycles. The van der Waals surface area contributed by atoms with Crippen molar-refractivity contribution < 1.29 is 4.79 Å². The van der Waals surface area contributed by atoms with Crippen LogP contribution >= 0.6 is 11.3 Å². The summed E-state index contributed by atoms with van der Waals surface area (Å²) in [4.78, 5) is 17.9. The van der Waals surface area contributed by atoms with Gasteiger partial charge < -0.3 is 5.32 Å². The van der Waals surface area contributed by atoms with Crippen LogP contribution in [-0.2, 0) is 13.0 Å². The number of nitrogens with zero attached hydrogens (tertiary/aromatic N) is 2. The van der Waals surface area contributed by atoms with Crippen molar-refractivity contribution in [3.63, 3.8) is 0 Å². The van der Waals surface area contributed by atoms with Crippen LogP contribution < -0.4 is 5.32 Å². The summed E-state index contributed by atoms with van der Waals surface area (Å²) in [6.45, 7) is 4.57. The summed E-state index contributed by atoms with van der Waals surface area (Å²) in [6.07, 6.45) is 3.55. The number of hydrogen-bond donors (Lipinski definition) is 2. The fraction of sp³-hybridized carbons (Fsp3) is 0.417. The molecule has 1 amide bonds. The van der Waals surface area contributed by atoms with Gasteiger partial charge in [-0.25, -0.2) is 4.98 Å². The molecular weight excluding hydrogens is 248 g/mol. The van der Waals surface area contributed by atoms with Gasteiger partial charge in [0.05, 0.1) is 11.4 Å².